The van der Waals surface area contributed by atoms with E-state index in [4.69, 9.17) is 15.0 Å². The normalized spacial score (nSPS) is 32.2. The van der Waals surface area contributed by atoms with Crippen LogP contribution in [0.15, 0.2) is 17.8 Å². The fourth-order valence-corrected chi connectivity index (χ4v) is 3.40. The Morgan fingerprint density at radius 3 is 3.04 bits per heavy atom. The van der Waals surface area contributed by atoms with E-state index in [-0.39, 0.29) is 12.5 Å². The molecule has 25 heavy (non-hydrogen) atoms. The fourth-order valence-electron chi connectivity index (χ4n) is 3.40. The molecule has 0 amide bonds. The molecule has 4 rings (SSSR count). The van der Waals surface area contributed by atoms with E-state index in [2.05, 4.69) is 25.0 Å². The Bertz CT molecular complexity index is 815. The highest BCUT2D eigenvalue weighted by molar-refractivity contribution is 5.69. The molecule has 11 heteroatoms. The van der Waals surface area contributed by atoms with Gasteiger partial charge in [0.25, 0.3) is 0 Å². The number of hydrogen-bond donors (Lipinski definition) is 3. The quantitative estimate of drug-likeness (QED) is 0.298. The second kappa shape index (κ2) is 6.54. The Labute approximate surface area is 141 Å². The molecule has 2 fully saturated rings. The van der Waals surface area contributed by atoms with Crippen LogP contribution in [0.25, 0.3) is 21.6 Å². The summed E-state index contributed by atoms with van der Waals surface area (Å²) in [6.07, 6.45) is 0.0440. The number of aromatic amines is 1. The lowest BCUT2D eigenvalue weighted by Crippen LogP contribution is -2.45. The first-order valence-electron chi connectivity index (χ1n) is 8.04. The van der Waals surface area contributed by atoms with Gasteiger partial charge in [-0.05, 0) is 12.0 Å². The van der Waals surface area contributed by atoms with Crippen LogP contribution in [0, 0.1) is 0 Å². The van der Waals surface area contributed by atoms with E-state index in [1.807, 2.05) is 0 Å². The van der Waals surface area contributed by atoms with Gasteiger partial charge in [-0.3, -0.25) is 4.98 Å². The molecule has 11 nitrogen and oxygen atoms in total. The summed E-state index contributed by atoms with van der Waals surface area (Å²) >= 11 is 0. The lowest BCUT2D eigenvalue weighted by molar-refractivity contribution is -0.745. The van der Waals surface area contributed by atoms with Crippen LogP contribution in [0.4, 0.5) is 0 Å². The second-order valence-corrected chi connectivity index (χ2v) is 6.16. The van der Waals surface area contributed by atoms with Crippen molar-refractivity contribution in [2.45, 2.75) is 36.9 Å². The highest BCUT2D eigenvalue weighted by Crippen LogP contribution is 2.29. The molecule has 1 unspecified atom stereocenters. The third kappa shape index (κ3) is 2.71. The molecule has 0 bridgehead atoms. The van der Waals surface area contributed by atoms with Gasteiger partial charge >= 0.3 is 5.65 Å². The standard InChI is InChI=1S/C14H17N7O4/c15-20-19-3-8-11(22)12(23)14(25-8)21-6-18-10-9(7-1-2-24-4-7)16-5-17-13(10)21/h5-8,11-12,14,22-23H,1-4H2/p+1/t7?,8-,11+,12+,14-/m1/s1. The van der Waals surface area contributed by atoms with Gasteiger partial charge in [-0.1, -0.05) is 10.1 Å². The minimum Gasteiger partial charge on any atom is -0.387 e. The van der Waals surface area contributed by atoms with Gasteiger partial charge in [-0.2, -0.15) is 0 Å². The SMILES string of the molecule is [N-]=[N+]=NC[C@H]1O[C@@H]([n+]2c[nH]c3c(C4CCOC4)ncnc32)[C@@H](O)[C@H]1O. The van der Waals surface area contributed by atoms with Crippen molar-refractivity contribution in [3.63, 3.8) is 0 Å². The van der Waals surface area contributed by atoms with Gasteiger partial charge in [0.2, 0.25) is 6.23 Å². The molecule has 2 aliphatic heterocycles. The van der Waals surface area contributed by atoms with Crippen molar-refractivity contribution < 1.29 is 24.3 Å². The molecular weight excluding hydrogens is 330 g/mol. The number of nitrogens with one attached hydrogen (secondary N) is 1. The van der Waals surface area contributed by atoms with E-state index < -0.39 is 24.5 Å². The summed E-state index contributed by atoms with van der Waals surface area (Å²) in [6, 6.07) is 0. The van der Waals surface area contributed by atoms with Crippen molar-refractivity contribution in [2.75, 3.05) is 19.8 Å². The van der Waals surface area contributed by atoms with Gasteiger partial charge in [-0.25, -0.2) is 9.55 Å². The van der Waals surface area contributed by atoms with Crippen molar-refractivity contribution in [1.29, 1.82) is 0 Å². The van der Waals surface area contributed by atoms with E-state index in [1.54, 1.807) is 10.9 Å². The average Bonchev–Trinajstić information content (AvgIpc) is 3.35. The molecule has 0 spiro atoms. The van der Waals surface area contributed by atoms with Crippen LogP contribution in [0.3, 0.4) is 0 Å². The Kier molecular flexibility index (Phi) is 4.24. The Balaban J connectivity index is 1.68. The zero-order valence-corrected chi connectivity index (χ0v) is 13.3. The predicted molar refractivity (Wildman–Crippen MR) is 82.2 cm³/mol. The zero-order chi connectivity index (χ0) is 17.4. The van der Waals surface area contributed by atoms with E-state index >= 15 is 0 Å². The minimum atomic E-state index is -1.17. The van der Waals surface area contributed by atoms with Gasteiger partial charge in [0.15, 0.2) is 18.2 Å². The fraction of sp³-hybridized carbons (Fsp3) is 0.643. The van der Waals surface area contributed by atoms with Crippen molar-refractivity contribution >= 4 is 11.2 Å². The third-order valence-corrected chi connectivity index (χ3v) is 4.70. The molecule has 132 valence electrons. The van der Waals surface area contributed by atoms with Gasteiger partial charge < -0.3 is 19.7 Å². The van der Waals surface area contributed by atoms with E-state index in [0.717, 1.165) is 17.6 Å². The Hall–Kier alpha value is -2.30. The van der Waals surface area contributed by atoms with Gasteiger partial charge in [0.05, 0.1) is 24.9 Å². The number of aromatic nitrogens is 4. The molecule has 0 saturated carbocycles. The molecule has 0 radical (unpaired) electrons. The van der Waals surface area contributed by atoms with Gasteiger partial charge in [-0.15, -0.1) is 0 Å². The number of imidazole rings is 1. The van der Waals surface area contributed by atoms with Crippen LogP contribution in [0.1, 0.15) is 24.3 Å². The number of fused-ring (bicyclic) bond motifs is 1. The summed E-state index contributed by atoms with van der Waals surface area (Å²) < 4.78 is 12.8. The number of ether oxygens (including phenoxy) is 2. The van der Waals surface area contributed by atoms with Gasteiger partial charge in [0.1, 0.15) is 12.2 Å². The van der Waals surface area contributed by atoms with Crippen LogP contribution >= 0.6 is 0 Å². The number of hydrogen-bond acceptors (Lipinski definition) is 7. The van der Waals surface area contributed by atoms with Crippen molar-refractivity contribution in [1.82, 2.24) is 15.0 Å². The molecule has 5 atom stereocenters. The highest BCUT2D eigenvalue weighted by Gasteiger charge is 2.46. The third-order valence-electron chi connectivity index (χ3n) is 4.70. The monoisotopic (exact) mass is 348 g/mol. The number of aliphatic hydroxyl groups is 2. The van der Waals surface area contributed by atoms with E-state index in [0.29, 0.717) is 18.9 Å². The number of rotatable bonds is 4. The van der Waals surface area contributed by atoms with Crippen molar-refractivity contribution in [3.05, 3.63) is 28.8 Å². The predicted octanol–water partition coefficient (Wildman–Crippen LogP) is -0.321. The molecule has 4 heterocycles. The van der Waals surface area contributed by atoms with Gasteiger partial charge in [0, 0.05) is 17.4 Å². The summed E-state index contributed by atoms with van der Waals surface area (Å²) in [6.45, 7) is 1.25. The van der Waals surface area contributed by atoms with Crippen molar-refractivity contribution in [2.24, 2.45) is 5.11 Å². The summed E-state index contributed by atoms with van der Waals surface area (Å²) in [7, 11) is 0. The van der Waals surface area contributed by atoms with Crippen molar-refractivity contribution in [3.8, 4) is 0 Å². The maximum Gasteiger partial charge on any atom is 0.307 e. The Morgan fingerprint density at radius 1 is 1.40 bits per heavy atom. The van der Waals surface area contributed by atoms with Crippen LogP contribution in [0.5, 0.6) is 0 Å². The van der Waals surface area contributed by atoms with E-state index in [9.17, 15) is 10.2 Å². The number of azide groups is 1. The maximum atomic E-state index is 10.3. The zero-order valence-electron chi connectivity index (χ0n) is 13.3. The summed E-state index contributed by atoms with van der Waals surface area (Å²) in [5, 5.41) is 23.9. The number of H-pyrrole nitrogens is 1. The first kappa shape index (κ1) is 16.2. The summed E-state index contributed by atoms with van der Waals surface area (Å²) in [5.41, 5.74) is 10.6. The van der Waals surface area contributed by atoms with Crippen LogP contribution in [-0.2, 0) is 9.47 Å². The van der Waals surface area contributed by atoms with Crippen LogP contribution in [-0.4, -0.2) is 63.2 Å². The Morgan fingerprint density at radius 2 is 2.28 bits per heavy atom. The first-order valence-corrected chi connectivity index (χ1v) is 8.04. The summed E-state index contributed by atoms with van der Waals surface area (Å²) in [5.74, 6) is 0.190. The molecule has 2 aliphatic rings. The van der Waals surface area contributed by atoms with Crippen LogP contribution < -0.4 is 4.57 Å². The minimum absolute atomic E-state index is 0.0617. The lowest BCUT2D eigenvalue weighted by atomic mass is 10.0. The summed E-state index contributed by atoms with van der Waals surface area (Å²) in [4.78, 5) is 14.5. The lowest BCUT2D eigenvalue weighted by Gasteiger charge is -2.12. The highest BCUT2D eigenvalue weighted by atomic mass is 16.6. The maximum absolute atomic E-state index is 10.3. The average molecular weight is 348 g/mol. The topological polar surface area (TPSA) is 153 Å². The first-order chi connectivity index (χ1) is 12.2. The number of nitrogens with zero attached hydrogens (tertiary/aromatic N) is 6. The smallest absolute Gasteiger partial charge is 0.307 e. The molecule has 2 saturated heterocycles. The van der Waals surface area contributed by atoms with Crippen LogP contribution in [0.2, 0.25) is 0 Å². The largest absolute Gasteiger partial charge is 0.387 e. The van der Waals surface area contributed by atoms with E-state index in [1.165, 1.54) is 6.33 Å². The molecule has 0 aliphatic carbocycles. The molecule has 2 aromatic rings. The second-order valence-electron chi connectivity index (χ2n) is 6.16. The molecule has 3 N–H and O–H groups in total. The molecule has 0 aromatic carbocycles. The molecular formula is C14H18N7O4+. The molecule has 2 aromatic heterocycles. The number of aliphatic hydroxyl groups excluding tert-OH is 2.